The second kappa shape index (κ2) is 6.34. The van der Waals surface area contributed by atoms with Crippen LogP contribution in [0.5, 0.6) is 5.75 Å². The molecule has 0 heterocycles. The van der Waals surface area contributed by atoms with Gasteiger partial charge in [-0.05, 0) is 45.4 Å². The Morgan fingerprint density at radius 2 is 1.86 bits per heavy atom. The maximum absolute atomic E-state index is 13.5. The van der Waals surface area contributed by atoms with E-state index in [9.17, 15) is 14.0 Å². The van der Waals surface area contributed by atoms with Crippen molar-refractivity contribution in [2.45, 2.75) is 38.8 Å². The number of ether oxygens (including phenoxy) is 2. The van der Waals surface area contributed by atoms with Crippen molar-refractivity contribution in [2.75, 3.05) is 14.2 Å². The molecule has 0 N–H and O–H groups in total. The minimum absolute atomic E-state index is 0.00293. The molecule has 0 saturated heterocycles. The third-order valence-electron chi connectivity index (χ3n) is 3.33. The first-order valence-corrected chi connectivity index (χ1v) is 6.82. The lowest BCUT2D eigenvalue weighted by Crippen LogP contribution is -2.48. The molecule has 6 heteroatoms. The van der Waals surface area contributed by atoms with Gasteiger partial charge in [0.1, 0.15) is 17.4 Å². The third kappa shape index (κ3) is 3.75. The Bertz CT molecular complexity index is 568. The molecule has 0 aliphatic rings. The molecule has 22 heavy (non-hydrogen) atoms. The molecule has 0 bridgehead atoms. The number of hydrogen-bond donors (Lipinski definition) is 0. The van der Waals surface area contributed by atoms with Crippen molar-refractivity contribution >= 4 is 12.4 Å². The fourth-order valence-electron chi connectivity index (χ4n) is 1.84. The highest BCUT2D eigenvalue weighted by Crippen LogP contribution is 2.30. The van der Waals surface area contributed by atoms with Gasteiger partial charge in [0.2, 0.25) is 0 Å². The molecule has 0 radical (unpaired) electrons. The Kier molecular flexibility index (Phi) is 5.17. The van der Waals surface area contributed by atoms with E-state index in [2.05, 4.69) is 0 Å². The van der Waals surface area contributed by atoms with Crippen LogP contribution in [0, 0.1) is 5.82 Å². The Labute approximate surface area is 130 Å². The van der Waals surface area contributed by atoms with Gasteiger partial charge < -0.3 is 14.3 Å². The smallest absolute Gasteiger partial charge is 0.411 e. The molecule has 0 aromatic heterocycles. The number of aldehydes is 1. The first-order chi connectivity index (χ1) is 10.0. The average molecular weight is 311 g/mol. The molecule has 1 aromatic rings. The lowest BCUT2D eigenvalue weighted by molar-refractivity contribution is -0.117. The molecule has 0 aliphatic heterocycles. The lowest BCUT2D eigenvalue weighted by atomic mass is 9.92. The average Bonchev–Trinajstić information content (AvgIpc) is 2.44. The molecule has 0 fully saturated rings. The number of halogens is 1. The first kappa shape index (κ1) is 17.9. The van der Waals surface area contributed by atoms with Crippen LogP contribution in [0.2, 0.25) is 0 Å². The van der Waals surface area contributed by atoms with E-state index in [1.165, 1.54) is 37.3 Å². The highest BCUT2D eigenvalue weighted by Gasteiger charge is 2.37. The molecule has 5 nitrogen and oxygen atoms in total. The van der Waals surface area contributed by atoms with E-state index in [-0.39, 0.29) is 5.75 Å². The van der Waals surface area contributed by atoms with E-state index in [1.54, 1.807) is 27.7 Å². The number of methoxy groups -OCH3 is 1. The number of rotatable bonds is 4. The van der Waals surface area contributed by atoms with Gasteiger partial charge in [-0.25, -0.2) is 9.18 Å². The number of carbonyl (C=O) groups excluding carboxylic acids is 2. The van der Waals surface area contributed by atoms with Crippen molar-refractivity contribution in [3.05, 3.63) is 29.6 Å². The summed E-state index contributed by atoms with van der Waals surface area (Å²) >= 11 is 0. The first-order valence-electron chi connectivity index (χ1n) is 6.82. The molecular weight excluding hydrogens is 289 g/mol. The molecule has 1 amide bonds. The SMILES string of the molecule is COc1cc(C(C)(C=O)N(C)C(=O)OC(C)(C)C)ccc1F. The van der Waals surface area contributed by atoms with Crippen LogP contribution >= 0.6 is 0 Å². The Hall–Kier alpha value is -2.11. The summed E-state index contributed by atoms with van der Waals surface area (Å²) in [6.45, 7) is 6.75. The van der Waals surface area contributed by atoms with E-state index >= 15 is 0 Å². The zero-order valence-electron chi connectivity index (χ0n) is 13.8. The predicted octanol–water partition coefficient (Wildman–Crippen LogP) is 3.12. The van der Waals surface area contributed by atoms with Gasteiger partial charge in [0, 0.05) is 7.05 Å². The summed E-state index contributed by atoms with van der Waals surface area (Å²) < 4.78 is 23.7. The van der Waals surface area contributed by atoms with Crippen LogP contribution in [0.3, 0.4) is 0 Å². The third-order valence-corrected chi connectivity index (χ3v) is 3.33. The molecule has 0 saturated carbocycles. The maximum atomic E-state index is 13.5. The highest BCUT2D eigenvalue weighted by atomic mass is 19.1. The number of amides is 1. The zero-order valence-corrected chi connectivity index (χ0v) is 13.8. The summed E-state index contributed by atoms with van der Waals surface area (Å²) in [6, 6.07) is 4.02. The molecular formula is C16H22FNO4. The van der Waals surface area contributed by atoms with Crippen LogP contribution in [0.25, 0.3) is 0 Å². The van der Waals surface area contributed by atoms with E-state index < -0.39 is 23.1 Å². The van der Waals surface area contributed by atoms with Gasteiger partial charge >= 0.3 is 6.09 Å². The lowest BCUT2D eigenvalue weighted by Gasteiger charge is -2.35. The second-order valence-corrected chi connectivity index (χ2v) is 6.15. The molecule has 1 atom stereocenters. The quantitative estimate of drug-likeness (QED) is 0.802. The van der Waals surface area contributed by atoms with E-state index in [0.717, 1.165) is 0 Å². The minimum Gasteiger partial charge on any atom is -0.494 e. The van der Waals surface area contributed by atoms with Crippen LogP contribution < -0.4 is 4.74 Å². The van der Waals surface area contributed by atoms with E-state index in [1.807, 2.05) is 0 Å². The van der Waals surface area contributed by atoms with Crippen LogP contribution in [0.1, 0.15) is 33.3 Å². The van der Waals surface area contributed by atoms with Crippen LogP contribution in [-0.4, -0.2) is 37.0 Å². The Morgan fingerprint density at radius 3 is 2.32 bits per heavy atom. The number of hydrogen-bond acceptors (Lipinski definition) is 4. The van der Waals surface area contributed by atoms with Crippen molar-refractivity contribution < 1.29 is 23.5 Å². The fourth-order valence-corrected chi connectivity index (χ4v) is 1.84. The molecule has 0 spiro atoms. The van der Waals surface area contributed by atoms with Crippen molar-refractivity contribution in [3.63, 3.8) is 0 Å². The molecule has 1 aromatic carbocycles. The van der Waals surface area contributed by atoms with Gasteiger partial charge in [-0.1, -0.05) is 6.07 Å². The van der Waals surface area contributed by atoms with E-state index in [0.29, 0.717) is 11.8 Å². The van der Waals surface area contributed by atoms with Gasteiger partial charge in [-0.15, -0.1) is 0 Å². The Morgan fingerprint density at radius 1 is 1.27 bits per heavy atom. The van der Waals surface area contributed by atoms with Crippen molar-refractivity contribution in [2.24, 2.45) is 0 Å². The summed E-state index contributed by atoms with van der Waals surface area (Å²) in [5, 5.41) is 0. The van der Waals surface area contributed by atoms with Crippen LogP contribution in [0.4, 0.5) is 9.18 Å². The summed E-state index contributed by atoms with van der Waals surface area (Å²) in [5.74, 6) is -0.539. The number of benzene rings is 1. The van der Waals surface area contributed by atoms with Gasteiger partial charge in [-0.3, -0.25) is 4.90 Å². The maximum Gasteiger partial charge on any atom is 0.411 e. The molecule has 1 unspecified atom stereocenters. The number of likely N-dealkylation sites (N-methyl/N-ethyl adjacent to an activating group) is 1. The summed E-state index contributed by atoms with van der Waals surface area (Å²) in [7, 11) is 2.79. The second-order valence-electron chi connectivity index (χ2n) is 6.15. The highest BCUT2D eigenvalue weighted by molar-refractivity contribution is 5.78. The number of nitrogens with zero attached hydrogens (tertiary/aromatic N) is 1. The standard InChI is InChI=1S/C16H22FNO4/c1-15(2,3)22-14(20)18(5)16(4,10-19)11-7-8-12(17)13(9-11)21-6/h7-10H,1-6H3. The predicted molar refractivity (Wildman–Crippen MR) is 80.4 cm³/mol. The topological polar surface area (TPSA) is 55.8 Å². The summed E-state index contributed by atoms with van der Waals surface area (Å²) in [6.07, 6.45) is -0.0331. The zero-order chi connectivity index (χ0) is 17.1. The van der Waals surface area contributed by atoms with Crippen molar-refractivity contribution in [1.82, 2.24) is 4.90 Å². The van der Waals surface area contributed by atoms with E-state index in [4.69, 9.17) is 9.47 Å². The Balaban J connectivity index is 3.20. The fraction of sp³-hybridized carbons (Fsp3) is 0.500. The van der Waals surface area contributed by atoms with Crippen LogP contribution in [-0.2, 0) is 15.1 Å². The monoisotopic (exact) mass is 311 g/mol. The normalized spacial score (nSPS) is 14.0. The number of carbonyl (C=O) groups is 2. The van der Waals surface area contributed by atoms with Gasteiger partial charge in [0.15, 0.2) is 11.6 Å². The van der Waals surface area contributed by atoms with Crippen molar-refractivity contribution in [1.29, 1.82) is 0 Å². The minimum atomic E-state index is -1.30. The van der Waals surface area contributed by atoms with Gasteiger partial charge in [0.05, 0.1) is 7.11 Å². The van der Waals surface area contributed by atoms with Crippen LogP contribution in [0.15, 0.2) is 18.2 Å². The molecule has 0 aliphatic carbocycles. The molecule has 122 valence electrons. The van der Waals surface area contributed by atoms with Crippen molar-refractivity contribution in [3.8, 4) is 5.75 Å². The molecule has 1 rings (SSSR count). The largest absolute Gasteiger partial charge is 0.494 e. The summed E-state index contributed by atoms with van der Waals surface area (Å²) in [5.41, 5.74) is -1.56. The van der Waals surface area contributed by atoms with Gasteiger partial charge in [-0.2, -0.15) is 0 Å². The summed E-state index contributed by atoms with van der Waals surface area (Å²) in [4.78, 5) is 25.0. The van der Waals surface area contributed by atoms with Gasteiger partial charge in [0.25, 0.3) is 0 Å².